The smallest absolute Gasteiger partial charge is 0.356 e. The highest BCUT2D eigenvalue weighted by Gasteiger charge is 2.38. The predicted octanol–water partition coefficient (Wildman–Crippen LogP) is -1.51. The lowest BCUT2D eigenvalue weighted by molar-refractivity contribution is -0.131. The molecule has 25 heavy (non-hydrogen) atoms. The van der Waals surface area contributed by atoms with Crippen molar-refractivity contribution in [3.63, 3.8) is 0 Å². The van der Waals surface area contributed by atoms with Gasteiger partial charge in [0.25, 0.3) is 11.5 Å². The normalized spacial score (nSPS) is 21.9. The summed E-state index contributed by atoms with van der Waals surface area (Å²) in [5.74, 6) is -2.85. The van der Waals surface area contributed by atoms with E-state index in [1.807, 2.05) is 0 Å². The third-order valence-electron chi connectivity index (χ3n) is 3.83. The minimum absolute atomic E-state index is 0.222. The van der Waals surface area contributed by atoms with Crippen LogP contribution in [0.5, 0.6) is 0 Å². The number of nitrogens with zero attached hydrogens (tertiary/aromatic N) is 2. The maximum atomic E-state index is 12.1. The Kier molecular flexibility index (Phi) is 5.96. The molecule has 0 saturated carbocycles. The summed E-state index contributed by atoms with van der Waals surface area (Å²) in [6, 6.07) is 1.24. The summed E-state index contributed by atoms with van der Waals surface area (Å²) in [7, 11) is -2.19. The van der Waals surface area contributed by atoms with Gasteiger partial charge in [0.15, 0.2) is 0 Å². The summed E-state index contributed by atoms with van der Waals surface area (Å²) in [5, 5.41) is 2.13. The second-order valence-electron chi connectivity index (χ2n) is 5.58. The molecule has 140 valence electrons. The minimum Gasteiger partial charge on any atom is -0.356 e. The molecular weight excluding hydrogens is 357 g/mol. The Morgan fingerprint density at radius 2 is 2.16 bits per heavy atom. The number of amides is 1. The van der Waals surface area contributed by atoms with Crippen molar-refractivity contribution in [1.29, 1.82) is 0 Å². The first-order valence-electron chi connectivity index (χ1n) is 7.47. The lowest BCUT2D eigenvalue weighted by Gasteiger charge is -2.20. The largest absolute Gasteiger partial charge is 0.363 e. The monoisotopic (exact) mass is 377 g/mol. The van der Waals surface area contributed by atoms with Crippen LogP contribution in [0.3, 0.4) is 0 Å². The highest BCUT2D eigenvalue weighted by atomic mass is 31.2. The molecular formula is C13H20N3O8P. The molecule has 1 fully saturated rings. The standard InChI is InChI=1S/C13H20N3O8P/c1-14-11(18)12(25(20,21)22)23-7-8-3-4-10(24-8)16-6-5-9(17)15(2)13(16)19/h5-6,8,10,12H,3-4,7H2,1-2H3,(H,14,18)(H2,20,21,22). The van der Waals surface area contributed by atoms with Crippen molar-refractivity contribution < 1.29 is 28.6 Å². The fourth-order valence-corrected chi connectivity index (χ4v) is 3.18. The molecule has 0 aromatic carbocycles. The fourth-order valence-electron chi connectivity index (χ4n) is 2.47. The van der Waals surface area contributed by atoms with Gasteiger partial charge in [-0.2, -0.15) is 0 Å². The van der Waals surface area contributed by atoms with Gasteiger partial charge in [0.05, 0.1) is 12.7 Å². The Morgan fingerprint density at radius 3 is 2.76 bits per heavy atom. The Labute approximate surface area is 142 Å². The third kappa shape index (κ3) is 4.44. The van der Waals surface area contributed by atoms with Crippen molar-refractivity contribution in [2.24, 2.45) is 7.05 Å². The lowest BCUT2D eigenvalue weighted by Crippen LogP contribution is -2.39. The number of aromatic nitrogens is 2. The summed E-state index contributed by atoms with van der Waals surface area (Å²) in [6.45, 7) is -0.222. The fraction of sp³-hybridized carbons (Fsp3) is 0.615. The Balaban J connectivity index is 2.03. The van der Waals surface area contributed by atoms with Crippen LogP contribution >= 0.6 is 7.60 Å². The molecule has 3 unspecified atom stereocenters. The van der Waals surface area contributed by atoms with E-state index in [4.69, 9.17) is 9.47 Å². The lowest BCUT2D eigenvalue weighted by atomic mass is 10.2. The summed E-state index contributed by atoms with van der Waals surface area (Å²) >= 11 is 0. The van der Waals surface area contributed by atoms with Crippen LogP contribution < -0.4 is 16.6 Å². The number of carbonyl (C=O) groups is 1. The van der Waals surface area contributed by atoms with Crippen molar-refractivity contribution in [3.05, 3.63) is 33.1 Å². The van der Waals surface area contributed by atoms with Gasteiger partial charge in [0, 0.05) is 26.4 Å². The van der Waals surface area contributed by atoms with Gasteiger partial charge in [0.1, 0.15) is 6.23 Å². The minimum atomic E-state index is -4.78. The maximum absolute atomic E-state index is 12.1. The van der Waals surface area contributed by atoms with Gasteiger partial charge in [-0.1, -0.05) is 0 Å². The van der Waals surface area contributed by atoms with Gasteiger partial charge < -0.3 is 24.6 Å². The van der Waals surface area contributed by atoms with E-state index in [9.17, 15) is 28.7 Å². The third-order valence-corrected chi connectivity index (χ3v) is 4.82. The molecule has 0 aliphatic carbocycles. The zero-order chi connectivity index (χ0) is 18.8. The first-order chi connectivity index (χ1) is 11.6. The molecule has 12 heteroatoms. The predicted molar refractivity (Wildman–Crippen MR) is 84.9 cm³/mol. The van der Waals surface area contributed by atoms with Crippen LogP contribution in [0.1, 0.15) is 19.1 Å². The van der Waals surface area contributed by atoms with Crippen LogP contribution in [-0.2, 0) is 25.9 Å². The summed E-state index contributed by atoms with van der Waals surface area (Å²) in [5.41, 5.74) is -0.966. The number of hydrogen-bond acceptors (Lipinski definition) is 6. The number of likely N-dealkylation sites (N-methyl/N-ethyl adjacent to an activating group) is 1. The topological polar surface area (TPSA) is 149 Å². The van der Waals surface area contributed by atoms with Gasteiger partial charge >= 0.3 is 13.3 Å². The van der Waals surface area contributed by atoms with Crippen LogP contribution in [0.2, 0.25) is 0 Å². The van der Waals surface area contributed by atoms with E-state index in [-0.39, 0.29) is 6.61 Å². The Morgan fingerprint density at radius 1 is 1.48 bits per heavy atom. The van der Waals surface area contributed by atoms with Gasteiger partial charge in [-0.3, -0.25) is 23.3 Å². The molecule has 1 saturated heterocycles. The molecule has 1 aliphatic heterocycles. The number of hydrogen-bond donors (Lipinski definition) is 3. The molecule has 1 aromatic rings. The van der Waals surface area contributed by atoms with E-state index >= 15 is 0 Å². The van der Waals surface area contributed by atoms with Crippen LogP contribution in [0.4, 0.5) is 0 Å². The van der Waals surface area contributed by atoms with Gasteiger partial charge in [0.2, 0.25) is 5.85 Å². The van der Waals surface area contributed by atoms with Gasteiger partial charge in [-0.15, -0.1) is 0 Å². The van der Waals surface area contributed by atoms with Crippen LogP contribution in [0, 0.1) is 0 Å². The van der Waals surface area contributed by atoms with Gasteiger partial charge in [-0.25, -0.2) is 4.79 Å². The summed E-state index contributed by atoms with van der Waals surface area (Å²) in [6.07, 6.45) is 1.07. The summed E-state index contributed by atoms with van der Waals surface area (Å²) < 4.78 is 24.2. The molecule has 2 rings (SSSR count). The Hall–Kier alpha value is -1.78. The van der Waals surface area contributed by atoms with E-state index < -0.39 is 42.9 Å². The SMILES string of the molecule is CNC(=O)C(OCC1CCC(n2ccc(=O)n(C)c2=O)O1)P(=O)(O)O. The van der Waals surface area contributed by atoms with Crippen LogP contribution in [0.15, 0.2) is 21.9 Å². The number of ether oxygens (including phenoxy) is 2. The molecule has 1 amide bonds. The second-order valence-corrected chi connectivity index (χ2v) is 7.23. The first kappa shape index (κ1) is 19.5. The van der Waals surface area contributed by atoms with E-state index in [1.165, 1.54) is 30.9 Å². The van der Waals surface area contributed by atoms with Crippen molar-refractivity contribution in [2.75, 3.05) is 13.7 Å². The zero-order valence-electron chi connectivity index (χ0n) is 13.7. The van der Waals surface area contributed by atoms with Gasteiger partial charge in [-0.05, 0) is 12.8 Å². The average Bonchev–Trinajstić information content (AvgIpc) is 3.00. The first-order valence-corrected chi connectivity index (χ1v) is 9.15. The van der Waals surface area contributed by atoms with E-state index in [1.54, 1.807) is 0 Å². The highest BCUT2D eigenvalue weighted by molar-refractivity contribution is 7.53. The summed E-state index contributed by atoms with van der Waals surface area (Å²) in [4.78, 5) is 53.4. The van der Waals surface area contributed by atoms with Crippen molar-refractivity contribution >= 4 is 13.5 Å². The molecule has 0 spiro atoms. The zero-order valence-corrected chi connectivity index (χ0v) is 14.6. The van der Waals surface area contributed by atoms with E-state index in [2.05, 4.69) is 5.32 Å². The molecule has 11 nitrogen and oxygen atoms in total. The maximum Gasteiger partial charge on any atom is 0.363 e. The van der Waals surface area contributed by atoms with Crippen molar-refractivity contribution in [3.8, 4) is 0 Å². The highest BCUT2D eigenvalue weighted by Crippen LogP contribution is 2.42. The van der Waals surface area contributed by atoms with E-state index in [0.29, 0.717) is 12.8 Å². The molecule has 2 heterocycles. The number of nitrogens with one attached hydrogen (secondary N) is 1. The molecule has 3 atom stereocenters. The van der Waals surface area contributed by atoms with Crippen molar-refractivity contribution in [1.82, 2.24) is 14.5 Å². The quantitative estimate of drug-likeness (QED) is 0.507. The molecule has 1 aliphatic rings. The molecule has 0 bridgehead atoms. The van der Waals surface area contributed by atoms with E-state index in [0.717, 1.165) is 4.57 Å². The second kappa shape index (κ2) is 7.63. The van der Waals surface area contributed by atoms with Crippen LogP contribution in [-0.4, -0.2) is 50.4 Å². The Bertz CT molecular complexity index is 797. The number of rotatable bonds is 6. The average molecular weight is 377 g/mol. The number of carbonyl (C=O) groups excluding carboxylic acids is 1. The molecule has 0 radical (unpaired) electrons. The molecule has 3 N–H and O–H groups in total. The van der Waals surface area contributed by atoms with Crippen molar-refractivity contribution in [2.45, 2.75) is 31.0 Å². The van der Waals surface area contributed by atoms with Crippen LogP contribution in [0.25, 0.3) is 0 Å². The molecule has 1 aromatic heterocycles.